The predicted molar refractivity (Wildman–Crippen MR) is 529 cm³/mol. The number of hydrogen-bond acceptors (Lipinski definition) is 15. The fourth-order valence-corrected chi connectivity index (χ4v) is 55.8. The van der Waals surface area contributed by atoms with Crippen LogP contribution in [0.2, 0.25) is 99.7 Å². The van der Waals surface area contributed by atoms with E-state index in [2.05, 4.69) is 271 Å². The van der Waals surface area contributed by atoms with Gasteiger partial charge in [-0.3, -0.25) is 24.0 Å². The number of nitrogens with one attached hydrogen (secondary N) is 4. The van der Waals surface area contributed by atoms with Crippen molar-refractivity contribution >= 4 is 79.5 Å². The van der Waals surface area contributed by atoms with Crippen molar-refractivity contribution in [3.63, 3.8) is 0 Å². The van der Waals surface area contributed by atoms with E-state index in [1.165, 1.54) is 0 Å². The molecule has 0 unspecified atom stereocenters. The monoisotopic (exact) mass is 1820 g/mol. The summed E-state index contributed by atoms with van der Waals surface area (Å²) in [5, 5.41) is 12.3. The number of nitrogens with two attached hydrogens (primary N) is 1. The van der Waals surface area contributed by atoms with Crippen LogP contribution in [0.25, 0.3) is 0 Å². The van der Waals surface area contributed by atoms with E-state index >= 15 is 0 Å². The molecule has 0 spiro atoms. The number of carbonyl (C=O) groups is 5. The minimum absolute atomic E-state index is 0.0405. The molecule has 0 radical (unpaired) electrons. The molecule has 1 aromatic carbocycles. The Morgan fingerprint density at radius 3 is 0.795 bits per heavy atom. The zero-order valence-corrected chi connectivity index (χ0v) is 91.6. The van der Waals surface area contributed by atoms with Crippen LogP contribution in [0.5, 0.6) is 11.5 Å². The first kappa shape index (κ1) is 117. The molecule has 0 aliphatic rings. The Morgan fingerprint density at radius 1 is 0.303 bits per heavy atom. The molecule has 0 heterocycles. The van der Waals surface area contributed by atoms with Crippen LogP contribution < -0.4 is 36.5 Å². The normalized spacial score (nSPS) is 13.5. The number of benzene rings is 1. The smallest absolute Gasteiger partial charge is 0.325 e. The summed E-state index contributed by atoms with van der Waals surface area (Å²) in [6, 6.07) is 5.61. The lowest BCUT2D eigenvalue weighted by atomic mass is 10.0. The summed E-state index contributed by atoms with van der Waals surface area (Å²) in [5.41, 5.74) is 11.0. The van der Waals surface area contributed by atoms with Gasteiger partial charge in [-0.2, -0.15) is 0 Å². The third kappa shape index (κ3) is 34.2. The van der Waals surface area contributed by atoms with E-state index in [1.54, 1.807) is 0 Å². The molecule has 0 aromatic heterocycles. The molecule has 1 aromatic rings. The number of hydrogen-bond donors (Lipinski definition) is 5. The van der Waals surface area contributed by atoms with Gasteiger partial charge in [-0.15, -0.1) is 0 Å². The molecule has 0 aliphatic carbocycles. The highest BCUT2D eigenvalue weighted by Crippen LogP contribution is 2.50. The molecule has 0 aliphatic heterocycles. The van der Waals surface area contributed by atoms with Crippen LogP contribution in [0.1, 0.15) is 370 Å². The van der Waals surface area contributed by atoms with Gasteiger partial charge in [-0.05, 0) is 138 Å². The number of esters is 1. The third-order valence-corrected chi connectivity index (χ3v) is 64.6. The van der Waals surface area contributed by atoms with E-state index in [0.29, 0.717) is 183 Å². The van der Waals surface area contributed by atoms with Gasteiger partial charge in [-0.25, -0.2) is 0 Å². The standard InChI is InChI=1S/C97H195N5O14Si6/c1-70(2)117(71(3)4,72(5)6)111-64-96(65-112-118(73(7)8,74(9)10)75(11)12,66-113-119(76(13)14,77(15)16)78(17)18)101-91(103)53-49-45-41-37-39-43-47-51-57-108-89-56-55-88(63-110-95(107)62-100-94(106)61-99-93(105)60-98)90(59-89)109-58-52-48-44-40-38-42-46-50-54-92(104)102-97(67-114-120(79(19)20,80(21)22)81(23)24,68-115-121(82(25)26,83(27)28)84(29)30)69-116-122(85(31)32,86(33)34)87(35)36/h55-56,59,70-87H,37-54,57-58,60-69,98H2,1-36H3,(H,99,105)(H,100,106)(H,101,103)(H,102,104). The van der Waals surface area contributed by atoms with Gasteiger partial charge in [0.25, 0.3) is 0 Å². The minimum Gasteiger partial charge on any atom is -0.493 e. The largest absolute Gasteiger partial charge is 0.493 e. The molecule has 4 amide bonds. The summed E-state index contributed by atoms with van der Waals surface area (Å²) in [4.78, 5) is 66.3. The van der Waals surface area contributed by atoms with Crippen molar-refractivity contribution in [2.24, 2.45) is 5.73 Å². The molecule has 0 fully saturated rings. The number of ether oxygens (including phenoxy) is 3. The Bertz CT molecular complexity index is 2780. The van der Waals surface area contributed by atoms with E-state index < -0.39 is 78.8 Å². The third-order valence-electron chi connectivity index (χ3n) is 28.3. The maximum absolute atomic E-state index is 14.8. The highest BCUT2D eigenvalue weighted by molar-refractivity contribution is 6.80. The topological polar surface area (TPSA) is 243 Å². The molecule has 716 valence electrons. The lowest BCUT2D eigenvalue weighted by Gasteiger charge is -2.50. The van der Waals surface area contributed by atoms with Crippen LogP contribution in [0.4, 0.5) is 0 Å². The Hall–Kier alpha value is -2.81. The van der Waals surface area contributed by atoms with Gasteiger partial charge in [0.2, 0.25) is 23.6 Å². The summed E-state index contributed by atoms with van der Waals surface area (Å²) >= 11 is 0. The molecule has 0 saturated carbocycles. The van der Waals surface area contributed by atoms with Crippen molar-refractivity contribution < 1.29 is 64.7 Å². The lowest BCUT2D eigenvalue weighted by Crippen LogP contribution is -2.65. The Morgan fingerprint density at radius 2 is 0.541 bits per heavy atom. The molecule has 1 rings (SSSR count). The van der Waals surface area contributed by atoms with Gasteiger partial charge in [0.05, 0.1) is 65.9 Å². The van der Waals surface area contributed by atoms with Gasteiger partial charge < -0.3 is 67.8 Å². The highest BCUT2D eigenvalue weighted by atomic mass is 28.4. The maximum Gasteiger partial charge on any atom is 0.325 e. The van der Waals surface area contributed by atoms with Crippen molar-refractivity contribution in [1.82, 2.24) is 21.3 Å². The quantitative estimate of drug-likeness (QED) is 0.0231. The van der Waals surface area contributed by atoms with E-state index in [-0.39, 0.29) is 38.1 Å². The van der Waals surface area contributed by atoms with E-state index in [0.717, 1.165) is 103 Å². The summed E-state index contributed by atoms with van der Waals surface area (Å²) < 4.78 is 63.9. The van der Waals surface area contributed by atoms with Crippen molar-refractivity contribution in [3.8, 4) is 11.5 Å². The zero-order valence-electron chi connectivity index (χ0n) is 85.6. The average Bonchev–Trinajstić information content (AvgIpc) is 0.777. The van der Waals surface area contributed by atoms with Crippen molar-refractivity contribution in [1.29, 1.82) is 0 Å². The maximum atomic E-state index is 14.8. The van der Waals surface area contributed by atoms with Gasteiger partial charge >= 0.3 is 5.97 Å². The Balaban J connectivity index is 3.28. The molecule has 0 saturated heterocycles. The summed E-state index contributed by atoms with van der Waals surface area (Å²) in [7, 11) is -14.3. The zero-order chi connectivity index (χ0) is 93.5. The predicted octanol–water partition coefficient (Wildman–Crippen LogP) is 25.6. The summed E-state index contributed by atoms with van der Waals surface area (Å²) in [6.07, 6.45) is 16.7. The minimum atomic E-state index is -2.39. The molecule has 6 N–H and O–H groups in total. The van der Waals surface area contributed by atoms with Crippen LogP contribution in [0.3, 0.4) is 0 Å². The van der Waals surface area contributed by atoms with Crippen LogP contribution >= 0.6 is 0 Å². The number of amides is 4. The van der Waals surface area contributed by atoms with Crippen molar-refractivity contribution in [2.45, 2.75) is 482 Å². The first-order valence-electron chi connectivity index (χ1n) is 49.0. The molecule has 122 heavy (non-hydrogen) atoms. The number of carbonyl (C=O) groups excluding carboxylic acids is 5. The van der Waals surface area contributed by atoms with Gasteiger partial charge in [0.15, 0.2) is 49.9 Å². The fraction of sp³-hybridized carbons (Fsp3) is 0.887. The van der Waals surface area contributed by atoms with Crippen molar-refractivity contribution in [2.75, 3.05) is 72.5 Å². The number of rotatable bonds is 69. The van der Waals surface area contributed by atoms with Gasteiger partial charge in [0, 0.05) is 24.5 Å². The van der Waals surface area contributed by atoms with E-state index in [1.807, 2.05) is 18.2 Å². The molecule has 19 nitrogen and oxygen atoms in total. The number of unbranched alkanes of at least 4 members (excludes halogenated alkanes) is 14. The van der Waals surface area contributed by atoms with Crippen LogP contribution in [0, 0.1) is 0 Å². The van der Waals surface area contributed by atoms with Crippen LogP contribution in [0.15, 0.2) is 18.2 Å². The Labute approximate surface area is 756 Å². The average molecular weight is 1820 g/mol. The van der Waals surface area contributed by atoms with Crippen molar-refractivity contribution in [3.05, 3.63) is 23.8 Å². The van der Waals surface area contributed by atoms with Gasteiger partial charge in [-0.1, -0.05) is 326 Å². The second kappa shape index (κ2) is 56.7. The molecular formula is C97H195N5O14Si6. The van der Waals surface area contributed by atoms with Gasteiger partial charge in [0.1, 0.15) is 35.7 Å². The molecule has 25 heteroatoms. The highest BCUT2D eigenvalue weighted by Gasteiger charge is 2.56. The first-order valence-corrected chi connectivity index (χ1v) is 61.9. The SMILES string of the molecule is CC(C)[Si](OCC(CO[Si](C(C)C)(C(C)C)C(C)C)(CO[Si](C(C)C)(C(C)C)C(C)C)NC(=O)CCCCCCCCCCOc1ccc(COC(=O)CNC(=O)CNC(=O)CN)c(OCCCCCCCCCCC(=O)NC(CO[Si](C(C)C)(C(C)C)C(C)C)(CO[Si](C(C)C)(C(C)C)C(C)C)CO[Si](C(C)C)(C(C)C)C(C)C)c1)(C(C)C)C(C)C. The lowest BCUT2D eigenvalue weighted by molar-refractivity contribution is -0.145. The van der Waals surface area contributed by atoms with E-state index in [4.69, 9.17) is 46.5 Å². The molecule has 0 atom stereocenters. The second-order valence-electron chi connectivity index (χ2n) is 42.3. The summed E-state index contributed by atoms with van der Waals surface area (Å²) in [5.74, 6) is -0.312. The first-order chi connectivity index (χ1) is 56.8. The molecular weight excluding hydrogens is 1630 g/mol. The fourth-order valence-electron chi connectivity index (χ4n) is 22.6. The Kier molecular flexibility index (Phi) is 54.5. The summed E-state index contributed by atoms with van der Waals surface area (Å²) in [6.45, 7) is 86.3. The van der Waals surface area contributed by atoms with E-state index in [9.17, 15) is 24.0 Å². The van der Waals surface area contributed by atoms with Crippen LogP contribution in [-0.2, 0) is 61.9 Å². The van der Waals surface area contributed by atoms with Crippen LogP contribution in [-0.4, -0.2) is 163 Å². The second-order valence-corrected chi connectivity index (χ2v) is 75.1. The molecule has 0 bridgehead atoms.